The van der Waals surface area contributed by atoms with Crippen molar-refractivity contribution < 1.29 is 4.74 Å². The lowest BCUT2D eigenvalue weighted by Gasteiger charge is -2.02. The number of thiazole rings is 1. The van der Waals surface area contributed by atoms with Crippen molar-refractivity contribution in [2.24, 2.45) is 0 Å². The van der Waals surface area contributed by atoms with Crippen molar-refractivity contribution in [2.75, 3.05) is 7.11 Å². The predicted molar refractivity (Wildman–Crippen MR) is 76.3 cm³/mol. The summed E-state index contributed by atoms with van der Waals surface area (Å²) in [4.78, 5) is 4.68. The zero-order valence-corrected chi connectivity index (χ0v) is 11.1. The molecule has 3 heteroatoms. The third-order valence-electron chi connectivity index (χ3n) is 2.93. The zero-order valence-electron chi connectivity index (χ0n) is 10.3. The Kier molecular flexibility index (Phi) is 2.76. The number of hydrogen-bond acceptors (Lipinski definition) is 3. The maximum Gasteiger partial charge on any atom is 0.124 e. The van der Waals surface area contributed by atoms with Gasteiger partial charge in [-0.05, 0) is 24.6 Å². The summed E-state index contributed by atoms with van der Waals surface area (Å²) in [5, 5.41) is 1.05. The fraction of sp³-hybridized carbons (Fsp3) is 0.133. The van der Waals surface area contributed by atoms with Crippen LogP contribution in [0.4, 0.5) is 0 Å². The molecule has 1 heterocycles. The molecule has 0 aliphatic carbocycles. The molecule has 0 atom stereocenters. The molecule has 0 spiro atoms. The van der Waals surface area contributed by atoms with E-state index in [4.69, 9.17) is 4.74 Å². The number of fused-ring (bicyclic) bond motifs is 1. The van der Waals surface area contributed by atoms with Gasteiger partial charge in [-0.15, -0.1) is 11.3 Å². The molecule has 0 unspecified atom stereocenters. The zero-order chi connectivity index (χ0) is 12.5. The molecular weight excluding hydrogens is 242 g/mol. The summed E-state index contributed by atoms with van der Waals surface area (Å²) >= 11 is 1.70. The van der Waals surface area contributed by atoms with Crippen LogP contribution in [0.5, 0.6) is 5.75 Å². The average Bonchev–Trinajstić information content (AvgIpc) is 2.81. The fourth-order valence-corrected chi connectivity index (χ4v) is 2.97. The van der Waals surface area contributed by atoms with Gasteiger partial charge >= 0.3 is 0 Å². The predicted octanol–water partition coefficient (Wildman–Crippen LogP) is 4.28. The molecule has 0 aliphatic heterocycles. The van der Waals surface area contributed by atoms with Gasteiger partial charge in [-0.3, -0.25) is 0 Å². The van der Waals surface area contributed by atoms with E-state index in [-0.39, 0.29) is 0 Å². The number of aromatic nitrogens is 1. The minimum atomic E-state index is 0.922. The van der Waals surface area contributed by atoms with Crippen LogP contribution in [0.2, 0.25) is 0 Å². The molecule has 0 saturated heterocycles. The fourth-order valence-electron chi connectivity index (χ4n) is 1.98. The van der Waals surface area contributed by atoms with Crippen LogP contribution in [0.1, 0.15) is 5.56 Å². The molecule has 3 aromatic rings. The molecule has 90 valence electrons. The molecule has 2 nitrogen and oxygen atoms in total. The minimum absolute atomic E-state index is 0.922. The maximum atomic E-state index is 5.35. The number of rotatable bonds is 2. The van der Waals surface area contributed by atoms with Crippen LogP contribution in [-0.4, -0.2) is 12.1 Å². The van der Waals surface area contributed by atoms with Gasteiger partial charge in [0.1, 0.15) is 10.8 Å². The quantitative estimate of drug-likeness (QED) is 0.682. The third kappa shape index (κ3) is 1.87. The normalized spacial score (nSPS) is 10.8. The molecule has 1 aromatic heterocycles. The van der Waals surface area contributed by atoms with E-state index >= 15 is 0 Å². The molecular formula is C15H13NOS. The van der Waals surface area contributed by atoms with Gasteiger partial charge in [-0.25, -0.2) is 4.98 Å². The molecule has 0 radical (unpaired) electrons. The number of hydrogen-bond donors (Lipinski definition) is 0. The Labute approximate surface area is 110 Å². The van der Waals surface area contributed by atoms with Gasteiger partial charge in [0.15, 0.2) is 0 Å². The van der Waals surface area contributed by atoms with E-state index in [1.54, 1.807) is 18.4 Å². The Morgan fingerprint density at radius 3 is 2.61 bits per heavy atom. The summed E-state index contributed by atoms with van der Waals surface area (Å²) in [5.41, 5.74) is 3.32. The number of nitrogens with zero attached hydrogens (tertiary/aromatic N) is 1. The van der Waals surface area contributed by atoms with Crippen molar-refractivity contribution in [2.45, 2.75) is 6.92 Å². The number of aryl methyl sites for hydroxylation is 1. The van der Waals surface area contributed by atoms with Crippen molar-refractivity contribution in [3.8, 4) is 16.3 Å². The van der Waals surface area contributed by atoms with Gasteiger partial charge in [0.2, 0.25) is 0 Å². The van der Waals surface area contributed by atoms with Crippen LogP contribution in [0, 0.1) is 6.92 Å². The number of benzene rings is 2. The highest BCUT2D eigenvalue weighted by Crippen LogP contribution is 2.33. The molecule has 0 bridgehead atoms. The van der Waals surface area contributed by atoms with E-state index < -0.39 is 0 Å². The Morgan fingerprint density at radius 1 is 1.11 bits per heavy atom. The summed E-state index contributed by atoms with van der Waals surface area (Å²) in [6.07, 6.45) is 0. The third-order valence-corrected chi connectivity index (χ3v) is 3.99. The van der Waals surface area contributed by atoms with Crippen LogP contribution < -0.4 is 4.74 Å². The average molecular weight is 255 g/mol. The van der Waals surface area contributed by atoms with Crippen molar-refractivity contribution in [1.82, 2.24) is 4.98 Å². The van der Waals surface area contributed by atoms with E-state index in [9.17, 15) is 0 Å². The highest BCUT2D eigenvalue weighted by atomic mass is 32.1. The Balaban J connectivity index is 2.17. The van der Waals surface area contributed by atoms with Crippen LogP contribution >= 0.6 is 11.3 Å². The molecule has 3 rings (SSSR count). The Bertz CT molecular complexity index is 688. The first kappa shape index (κ1) is 11.2. The lowest BCUT2D eigenvalue weighted by Crippen LogP contribution is -1.85. The van der Waals surface area contributed by atoms with Crippen molar-refractivity contribution in [3.63, 3.8) is 0 Å². The topological polar surface area (TPSA) is 22.1 Å². The highest BCUT2D eigenvalue weighted by molar-refractivity contribution is 7.21. The van der Waals surface area contributed by atoms with E-state index in [1.165, 1.54) is 0 Å². The summed E-state index contributed by atoms with van der Waals surface area (Å²) in [6.45, 7) is 2.04. The first-order valence-electron chi connectivity index (χ1n) is 5.78. The SMILES string of the molecule is COc1cc2sc(-c3ccccc3)nc2cc1C. The standard InChI is InChI=1S/C15H13NOS/c1-10-8-12-14(9-13(10)17-2)18-15(16-12)11-6-4-3-5-7-11/h3-9H,1-2H3. The number of methoxy groups -OCH3 is 1. The Morgan fingerprint density at radius 2 is 1.89 bits per heavy atom. The first-order chi connectivity index (χ1) is 8.78. The van der Waals surface area contributed by atoms with Gasteiger partial charge < -0.3 is 4.74 Å². The van der Waals surface area contributed by atoms with E-state index in [2.05, 4.69) is 29.2 Å². The van der Waals surface area contributed by atoms with Gasteiger partial charge in [-0.1, -0.05) is 30.3 Å². The molecule has 0 amide bonds. The smallest absolute Gasteiger partial charge is 0.124 e. The number of ether oxygens (including phenoxy) is 1. The molecule has 0 N–H and O–H groups in total. The summed E-state index contributed by atoms with van der Waals surface area (Å²) in [7, 11) is 1.70. The molecule has 0 aliphatic rings. The maximum absolute atomic E-state index is 5.35. The molecule has 0 fully saturated rings. The molecule has 18 heavy (non-hydrogen) atoms. The largest absolute Gasteiger partial charge is 0.496 e. The monoisotopic (exact) mass is 255 g/mol. The second kappa shape index (κ2) is 4.42. The van der Waals surface area contributed by atoms with Crippen molar-refractivity contribution in [3.05, 3.63) is 48.0 Å². The lowest BCUT2D eigenvalue weighted by atomic mass is 10.2. The van der Waals surface area contributed by atoms with Gasteiger partial charge in [0, 0.05) is 5.56 Å². The van der Waals surface area contributed by atoms with Gasteiger partial charge in [0.25, 0.3) is 0 Å². The summed E-state index contributed by atoms with van der Waals surface area (Å²) in [5.74, 6) is 0.922. The second-order valence-corrected chi connectivity index (χ2v) is 5.21. The van der Waals surface area contributed by atoms with E-state index in [0.29, 0.717) is 0 Å². The van der Waals surface area contributed by atoms with Crippen LogP contribution in [-0.2, 0) is 0 Å². The molecule has 2 aromatic carbocycles. The van der Waals surface area contributed by atoms with Crippen molar-refractivity contribution >= 4 is 21.6 Å². The van der Waals surface area contributed by atoms with Gasteiger partial charge in [0.05, 0.1) is 17.3 Å². The second-order valence-electron chi connectivity index (χ2n) is 4.17. The first-order valence-corrected chi connectivity index (χ1v) is 6.60. The lowest BCUT2D eigenvalue weighted by molar-refractivity contribution is 0.412. The summed E-state index contributed by atoms with van der Waals surface area (Å²) in [6, 6.07) is 14.4. The summed E-state index contributed by atoms with van der Waals surface area (Å²) < 4.78 is 6.51. The van der Waals surface area contributed by atoms with Crippen LogP contribution in [0.25, 0.3) is 20.8 Å². The van der Waals surface area contributed by atoms with Crippen LogP contribution in [0.3, 0.4) is 0 Å². The molecule has 0 saturated carbocycles. The van der Waals surface area contributed by atoms with E-state index in [0.717, 1.165) is 32.1 Å². The van der Waals surface area contributed by atoms with E-state index in [1.807, 2.05) is 25.1 Å². The Hall–Kier alpha value is -1.87. The van der Waals surface area contributed by atoms with Crippen LogP contribution in [0.15, 0.2) is 42.5 Å². The van der Waals surface area contributed by atoms with Crippen molar-refractivity contribution in [1.29, 1.82) is 0 Å². The van der Waals surface area contributed by atoms with Gasteiger partial charge in [-0.2, -0.15) is 0 Å². The minimum Gasteiger partial charge on any atom is -0.496 e. The highest BCUT2D eigenvalue weighted by Gasteiger charge is 2.08.